The van der Waals surface area contributed by atoms with Crippen LogP contribution in [0.25, 0.3) is 16.9 Å². The Morgan fingerprint density at radius 3 is 2.64 bits per heavy atom. The molecule has 8 heteroatoms. The number of fused-ring (bicyclic) bond motifs is 1. The first kappa shape index (κ1) is 18.0. The molecule has 0 unspecified atom stereocenters. The van der Waals surface area contributed by atoms with Crippen molar-refractivity contribution >= 4 is 21.4 Å². The van der Waals surface area contributed by atoms with Crippen LogP contribution in [-0.4, -0.2) is 24.9 Å². The number of hydrogen-bond donors (Lipinski definition) is 1. The van der Waals surface area contributed by atoms with Gasteiger partial charge in [-0.2, -0.15) is 0 Å². The lowest BCUT2D eigenvalue weighted by Crippen LogP contribution is -2.15. The van der Waals surface area contributed by atoms with Gasteiger partial charge >= 0.3 is 0 Å². The lowest BCUT2D eigenvalue weighted by Gasteiger charge is -2.13. The van der Waals surface area contributed by atoms with Gasteiger partial charge in [0.1, 0.15) is 22.1 Å². The predicted octanol–water partition coefficient (Wildman–Crippen LogP) is 3.95. The number of nitrogens with zero attached hydrogens (tertiary/aromatic N) is 2. The van der Waals surface area contributed by atoms with Crippen molar-refractivity contribution in [2.24, 2.45) is 0 Å². The fourth-order valence-corrected chi connectivity index (χ4v) is 4.18. The molecule has 4 aromatic rings. The van der Waals surface area contributed by atoms with Gasteiger partial charge in [0.2, 0.25) is 0 Å². The maximum Gasteiger partial charge on any atom is 0.265 e. The average Bonchev–Trinajstić information content (AvgIpc) is 3.12. The fraction of sp³-hybridized carbons (Fsp3) is 0.0500. The van der Waals surface area contributed by atoms with Gasteiger partial charge in [0.05, 0.1) is 18.5 Å². The van der Waals surface area contributed by atoms with Crippen LogP contribution in [0.3, 0.4) is 0 Å². The smallest absolute Gasteiger partial charge is 0.265 e. The zero-order valence-electron chi connectivity index (χ0n) is 14.8. The first-order valence-electron chi connectivity index (χ1n) is 8.37. The number of rotatable bonds is 5. The van der Waals surface area contributed by atoms with Crippen LogP contribution in [0.15, 0.2) is 78.0 Å². The van der Waals surface area contributed by atoms with Crippen molar-refractivity contribution < 1.29 is 17.5 Å². The molecule has 0 fully saturated rings. The van der Waals surface area contributed by atoms with Crippen LogP contribution >= 0.6 is 0 Å². The highest BCUT2D eigenvalue weighted by atomic mass is 32.2. The zero-order valence-corrected chi connectivity index (χ0v) is 15.7. The molecule has 142 valence electrons. The summed E-state index contributed by atoms with van der Waals surface area (Å²) in [6.45, 7) is 0. The molecule has 4 rings (SSSR count). The predicted molar refractivity (Wildman–Crippen MR) is 104 cm³/mol. The van der Waals surface area contributed by atoms with Crippen molar-refractivity contribution in [3.63, 3.8) is 0 Å². The molecule has 2 heterocycles. The third-order valence-corrected chi connectivity index (χ3v) is 5.61. The molecule has 0 aliphatic carbocycles. The molecule has 0 saturated carbocycles. The van der Waals surface area contributed by atoms with E-state index in [1.165, 1.54) is 13.2 Å². The third kappa shape index (κ3) is 3.29. The second kappa shape index (κ2) is 6.97. The summed E-state index contributed by atoms with van der Waals surface area (Å²) < 4.78 is 48.9. The normalized spacial score (nSPS) is 11.5. The van der Waals surface area contributed by atoms with Crippen molar-refractivity contribution in [1.82, 2.24) is 9.38 Å². The number of anilines is 1. The molecule has 6 nitrogen and oxygen atoms in total. The number of halogens is 1. The fourth-order valence-electron chi connectivity index (χ4n) is 2.92. The lowest BCUT2D eigenvalue weighted by molar-refractivity contribution is 0.401. The summed E-state index contributed by atoms with van der Waals surface area (Å²) in [6, 6.07) is 15.8. The molecule has 0 radical (unpaired) electrons. The highest BCUT2D eigenvalue weighted by Crippen LogP contribution is 2.31. The van der Waals surface area contributed by atoms with E-state index in [0.717, 1.165) is 17.8 Å². The molecular formula is C20H16FN3O3S. The Balaban J connectivity index is 1.78. The van der Waals surface area contributed by atoms with Gasteiger partial charge < -0.3 is 9.14 Å². The quantitative estimate of drug-likeness (QED) is 0.553. The summed E-state index contributed by atoms with van der Waals surface area (Å²) in [5.74, 6) is -0.617. The van der Waals surface area contributed by atoms with Crippen LogP contribution in [0.5, 0.6) is 5.75 Å². The highest BCUT2D eigenvalue weighted by Gasteiger charge is 2.22. The van der Waals surface area contributed by atoms with E-state index in [2.05, 4.69) is 9.71 Å². The second-order valence-corrected chi connectivity index (χ2v) is 7.69. The lowest BCUT2D eigenvalue weighted by atomic mass is 10.1. The van der Waals surface area contributed by atoms with Crippen LogP contribution in [0.1, 0.15) is 0 Å². The summed E-state index contributed by atoms with van der Waals surface area (Å²) in [7, 11) is -2.76. The number of para-hydroxylation sites is 1. The van der Waals surface area contributed by atoms with E-state index in [1.807, 2.05) is 35.0 Å². The Kier molecular flexibility index (Phi) is 4.48. The largest absolute Gasteiger partial charge is 0.495 e. The van der Waals surface area contributed by atoms with Crippen molar-refractivity contribution in [2.45, 2.75) is 4.90 Å². The number of sulfonamides is 1. The molecule has 2 aromatic carbocycles. The molecule has 0 aliphatic rings. The summed E-state index contributed by atoms with van der Waals surface area (Å²) in [5.41, 5.74) is 2.28. The van der Waals surface area contributed by atoms with E-state index in [-0.39, 0.29) is 10.6 Å². The van der Waals surface area contributed by atoms with Gasteiger partial charge in [0.25, 0.3) is 10.0 Å². The first-order chi connectivity index (χ1) is 13.5. The minimum Gasteiger partial charge on any atom is -0.495 e. The molecule has 0 atom stereocenters. The van der Waals surface area contributed by atoms with E-state index < -0.39 is 15.8 Å². The number of benzene rings is 2. The highest BCUT2D eigenvalue weighted by molar-refractivity contribution is 7.92. The van der Waals surface area contributed by atoms with E-state index in [4.69, 9.17) is 4.74 Å². The van der Waals surface area contributed by atoms with Gasteiger partial charge in [0, 0.05) is 18.0 Å². The summed E-state index contributed by atoms with van der Waals surface area (Å²) >= 11 is 0. The molecule has 1 N–H and O–H groups in total. The van der Waals surface area contributed by atoms with E-state index in [0.29, 0.717) is 16.9 Å². The minimum atomic E-state index is -4.09. The average molecular weight is 397 g/mol. The maximum absolute atomic E-state index is 13.7. The van der Waals surface area contributed by atoms with Gasteiger partial charge in [0.15, 0.2) is 0 Å². The number of hydrogen-bond acceptors (Lipinski definition) is 4. The number of pyridine rings is 1. The van der Waals surface area contributed by atoms with Crippen molar-refractivity contribution in [2.75, 3.05) is 11.8 Å². The van der Waals surface area contributed by atoms with Gasteiger partial charge in [-0.15, -0.1) is 0 Å². The Hall–Kier alpha value is -3.39. The Labute approximate surface area is 161 Å². The number of aromatic nitrogens is 2. The topological polar surface area (TPSA) is 72.7 Å². The Morgan fingerprint density at radius 1 is 1.07 bits per heavy atom. The summed E-state index contributed by atoms with van der Waals surface area (Å²) in [4.78, 5) is 4.26. The Bertz CT molecular complexity index is 1240. The van der Waals surface area contributed by atoms with Crippen molar-refractivity contribution in [3.05, 3.63) is 78.9 Å². The summed E-state index contributed by atoms with van der Waals surface area (Å²) in [5, 5.41) is 0. The third-order valence-electron chi connectivity index (χ3n) is 4.23. The number of imidazole rings is 1. The molecule has 0 spiro atoms. The zero-order chi connectivity index (χ0) is 19.7. The minimum absolute atomic E-state index is 0.0547. The van der Waals surface area contributed by atoms with E-state index in [1.54, 1.807) is 24.3 Å². The van der Waals surface area contributed by atoms with Crippen LogP contribution in [0.2, 0.25) is 0 Å². The molecule has 0 saturated heterocycles. The van der Waals surface area contributed by atoms with Crippen LogP contribution in [-0.2, 0) is 10.0 Å². The molecule has 2 aromatic heterocycles. The Morgan fingerprint density at radius 2 is 1.86 bits per heavy atom. The summed E-state index contributed by atoms with van der Waals surface area (Å²) in [6.07, 6.45) is 3.67. The van der Waals surface area contributed by atoms with E-state index >= 15 is 0 Å². The molecule has 0 aliphatic heterocycles. The first-order valence-corrected chi connectivity index (χ1v) is 9.86. The number of nitrogens with one attached hydrogen (secondary N) is 1. The maximum atomic E-state index is 13.7. The number of methoxy groups -OCH3 is 1. The van der Waals surface area contributed by atoms with E-state index in [9.17, 15) is 12.8 Å². The van der Waals surface area contributed by atoms with Gasteiger partial charge in [-0.25, -0.2) is 17.8 Å². The number of ether oxygens (including phenoxy) is 1. The molecular weight excluding hydrogens is 381 g/mol. The van der Waals surface area contributed by atoms with Gasteiger partial charge in [-0.05, 0) is 36.4 Å². The van der Waals surface area contributed by atoms with Crippen LogP contribution in [0, 0.1) is 5.82 Å². The monoisotopic (exact) mass is 397 g/mol. The second-order valence-electron chi connectivity index (χ2n) is 6.04. The van der Waals surface area contributed by atoms with Gasteiger partial charge in [-0.3, -0.25) is 4.72 Å². The standard InChI is InChI=1S/C20H16FN3O3S/c1-27-18-10-9-14(21)12-19(18)28(25,26)23-16-7-3-2-6-15(16)17-13-24-11-5-4-8-20(24)22-17/h2-13,23H,1H3. The van der Waals surface area contributed by atoms with Crippen LogP contribution < -0.4 is 9.46 Å². The van der Waals surface area contributed by atoms with Gasteiger partial charge in [-0.1, -0.05) is 24.3 Å². The van der Waals surface area contributed by atoms with Crippen molar-refractivity contribution in [1.29, 1.82) is 0 Å². The molecule has 0 bridgehead atoms. The molecule has 28 heavy (non-hydrogen) atoms. The SMILES string of the molecule is COc1ccc(F)cc1S(=O)(=O)Nc1ccccc1-c1cn2ccccc2n1. The van der Waals surface area contributed by atoms with Crippen LogP contribution in [0.4, 0.5) is 10.1 Å². The molecule has 0 amide bonds. The van der Waals surface area contributed by atoms with Crippen molar-refractivity contribution in [3.8, 4) is 17.0 Å².